The number of nitrogens with one attached hydrogen (secondary N) is 1. The van der Waals surface area contributed by atoms with E-state index in [9.17, 15) is 0 Å². The summed E-state index contributed by atoms with van der Waals surface area (Å²) in [5.74, 6) is 0. The molecule has 17 heavy (non-hydrogen) atoms. The van der Waals surface area contributed by atoms with E-state index < -0.39 is 0 Å². The fraction of sp³-hybridized carbons (Fsp3) is 0.467. The van der Waals surface area contributed by atoms with Gasteiger partial charge in [-0.1, -0.05) is 36.4 Å². The smallest absolute Gasteiger partial charge is 0.0169 e. The molecule has 0 aromatic heterocycles. The first kappa shape index (κ1) is 12.3. The molecule has 0 atom stereocenters. The Kier molecular flexibility index (Phi) is 4.77. The predicted molar refractivity (Wildman–Crippen MR) is 74.0 cm³/mol. The van der Waals surface area contributed by atoms with E-state index >= 15 is 0 Å². The third-order valence-corrected chi connectivity index (χ3v) is 3.32. The molecule has 1 aromatic rings. The van der Waals surface area contributed by atoms with E-state index in [2.05, 4.69) is 53.5 Å². The molecule has 1 saturated heterocycles. The van der Waals surface area contributed by atoms with E-state index in [4.69, 9.17) is 0 Å². The number of rotatable bonds is 3. The highest BCUT2D eigenvalue weighted by Crippen LogP contribution is 2.12. The first-order valence-corrected chi connectivity index (χ1v) is 6.51. The number of hydrogen-bond acceptors (Lipinski definition) is 2. The molecule has 2 nitrogen and oxygen atoms in total. The van der Waals surface area contributed by atoms with Gasteiger partial charge in [0.05, 0.1) is 0 Å². The Hall–Kier alpha value is -1.12. The number of benzene rings is 1. The molecule has 1 aromatic carbocycles. The number of allylic oxidation sites excluding steroid dienone is 1. The number of hydrogen-bond donors (Lipinski definition) is 1. The highest BCUT2D eigenvalue weighted by Gasteiger charge is 2.06. The van der Waals surface area contributed by atoms with Crippen LogP contribution < -0.4 is 5.32 Å². The minimum absolute atomic E-state index is 1.07. The van der Waals surface area contributed by atoms with E-state index in [0.717, 1.165) is 19.6 Å². The molecule has 1 aliphatic rings. The molecule has 1 aliphatic heterocycles. The summed E-state index contributed by atoms with van der Waals surface area (Å²) in [5, 5.41) is 3.43. The van der Waals surface area contributed by atoms with Gasteiger partial charge in [0.1, 0.15) is 0 Å². The Bertz CT molecular complexity index is 348. The van der Waals surface area contributed by atoms with E-state index in [1.807, 2.05) is 0 Å². The number of nitrogens with zero attached hydrogens (tertiary/aromatic N) is 1. The van der Waals surface area contributed by atoms with Crippen LogP contribution in [0.5, 0.6) is 0 Å². The fourth-order valence-electron chi connectivity index (χ4n) is 2.17. The molecular weight excluding hydrogens is 208 g/mol. The zero-order valence-corrected chi connectivity index (χ0v) is 10.7. The van der Waals surface area contributed by atoms with Gasteiger partial charge >= 0.3 is 0 Å². The second-order valence-corrected chi connectivity index (χ2v) is 4.66. The maximum absolute atomic E-state index is 3.43. The SMILES string of the molecule is C/C(=C\CN1CCCNCC1)c1ccccc1. The van der Waals surface area contributed by atoms with Crippen molar-refractivity contribution in [3.8, 4) is 0 Å². The van der Waals surface area contributed by atoms with Crippen molar-refractivity contribution >= 4 is 5.57 Å². The summed E-state index contributed by atoms with van der Waals surface area (Å²) in [4.78, 5) is 2.52. The Morgan fingerprint density at radius 1 is 1.24 bits per heavy atom. The van der Waals surface area contributed by atoms with Gasteiger partial charge in [0, 0.05) is 19.6 Å². The van der Waals surface area contributed by atoms with Gasteiger partial charge in [0.15, 0.2) is 0 Å². The molecule has 1 N–H and O–H groups in total. The van der Waals surface area contributed by atoms with Crippen LogP contribution in [0.1, 0.15) is 18.9 Å². The van der Waals surface area contributed by atoms with Crippen molar-refractivity contribution in [1.82, 2.24) is 10.2 Å². The fourth-order valence-corrected chi connectivity index (χ4v) is 2.17. The molecule has 92 valence electrons. The van der Waals surface area contributed by atoms with E-state index in [1.165, 1.54) is 30.6 Å². The molecule has 1 heterocycles. The van der Waals surface area contributed by atoms with Gasteiger partial charge in [-0.15, -0.1) is 0 Å². The van der Waals surface area contributed by atoms with Gasteiger partial charge in [-0.25, -0.2) is 0 Å². The molecule has 0 bridgehead atoms. The summed E-state index contributed by atoms with van der Waals surface area (Å²) in [6.07, 6.45) is 3.61. The second kappa shape index (κ2) is 6.58. The molecular formula is C15H22N2. The summed E-state index contributed by atoms with van der Waals surface area (Å²) in [7, 11) is 0. The summed E-state index contributed by atoms with van der Waals surface area (Å²) >= 11 is 0. The second-order valence-electron chi connectivity index (χ2n) is 4.66. The van der Waals surface area contributed by atoms with Crippen LogP contribution in [0.4, 0.5) is 0 Å². The largest absolute Gasteiger partial charge is 0.315 e. The minimum atomic E-state index is 1.07. The Balaban J connectivity index is 1.91. The first-order valence-electron chi connectivity index (χ1n) is 6.51. The first-order chi connectivity index (χ1) is 8.36. The minimum Gasteiger partial charge on any atom is -0.315 e. The highest BCUT2D eigenvalue weighted by atomic mass is 15.1. The average molecular weight is 230 g/mol. The van der Waals surface area contributed by atoms with Crippen molar-refractivity contribution in [3.05, 3.63) is 42.0 Å². The van der Waals surface area contributed by atoms with Gasteiger partial charge in [-0.05, 0) is 37.6 Å². The topological polar surface area (TPSA) is 15.3 Å². The van der Waals surface area contributed by atoms with Crippen LogP contribution in [0.15, 0.2) is 36.4 Å². The third kappa shape index (κ3) is 3.99. The van der Waals surface area contributed by atoms with Gasteiger partial charge in [-0.3, -0.25) is 4.90 Å². The lowest BCUT2D eigenvalue weighted by Gasteiger charge is -2.17. The molecule has 2 rings (SSSR count). The van der Waals surface area contributed by atoms with Crippen molar-refractivity contribution in [3.63, 3.8) is 0 Å². The quantitative estimate of drug-likeness (QED) is 0.857. The van der Waals surface area contributed by atoms with Crippen molar-refractivity contribution in [2.75, 3.05) is 32.7 Å². The molecule has 0 amide bonds. The maximum atomic E-state index is 3.43. The Morgan fingerprint density at radius 3 is 2.88 bits per heavy atom. The summed E-state index contributed by atoms with van der Waals surface area (Å²) < 4.78 is 0. The van der Waals surface area contributed by atoms with Crippen molar-refractivity contribution in [2.24, 2.45) is 0 Å². The van der Waals surface area contributed by atoms with E-state index in [1.54, 1.807) is 0 Å². The molecule has 2 heteroatoms. The van der Waals surface area contributed by atoms with Crippen molar-refractivity contribution < 1.29 is 0 Å². The van der Waals surface area contributed by atoms with Gasteiger partial charge in [0.2, 0.25) is 0 Å². The molecule has 0 spiro atoms. The molecule has 0 aliphatic carbocycles. The van der Waals surface area contributed by atoms with Crippen LogP contribution in [0.3, 0.4) is 0 Å². The van der Waals surface area contributed by atoms with Crippen LogP contribution in [0.2, 0.25) is 0 Å². The third-order valence-electron chi connectivity index (χ3n) is 3.32. The van der Waals surface area contributed by atoms with Gasteiger partial charge < -0.3 is 5.32 Å². The molecule has 1 fully saturated rings. The monoisotopic (exact) mass is 230 g/mol. The zero-order valence-electron chi connectivity index (χ0n) is 10.7. The summed E-state index contributed by atoms with van der Waals surface area (Å²) in [6.45, 7) is 7.94. The lowest BCUT2D eigenvalue weighted by atomic mass is 10.1. The summed E-state index contributed by atoms with van der Waals surface area (Å²) in [6, 6.07) is 10.6. The van der Waals surface area contributed by atoms with Gasteiger partial charge in [-0.2, -0.15) is 0 Å². The van der Waals surface area contributed by atoms with Crippen LogP contribution in [-0.2, 0) is 0 Å². The van der Waals surface area contributed by atoms with Crippen LogP contribution in [-0.4, -0.2) is 37.6 Å². The van der Waals surface area contributed by atoms with Crippen molar-refractivity contribution in [1.29, 1.82) is 0 Å². The highest BCUT2D eigenvalue weighted by molar-refractivity contribution is 5.63. The predicted octanol–water partition coefficient (Wildman–Crippen LogP) is 2.39. The molecule has 0 saturated carbocycles. The average Bonchev–Trinajstić information content (AvgIpc) is 2.65. The summed E-state index contributed by atoms with van der Waals surface area (Å²) in [5.41, 5.74) is 2.71. The van der Waals surface area contributed by atoms with Gasteiger partial charge in [0.25, 0.3) is 0 Å². The normalized spacial score (nSPS) is 19.0. The Labute approximate surface area is 104 Å². The van der Waals surface area contributed by atoms with Crippen molar-refractivity contribution in [2.45, 2.75) is 13.3 Å². The Morgan fingerprint density at radius 2 is 2.06 bits per heavy atom. The van der Waals surface area contributed by atoms with E-state index in [0.29, 0.717) is 0 Å². The molecule has 0 unspecified atom stereocenters. The molecule has 0 radical (unpaired) electrons. The van der Waals surface area contributed by atoms with Crippen LogP contribution in [0, 0.1) is 0 Å². The van der Waals surface area contributed by atoms with Crippen LogP contribution >= 0.6 is 0 Å². The van der Waals surface area contributed by atoms with E-state index in [-0.39, 0.29) is 0 Å². The standard InChI is InChI=1S/C15H22N2/c1-14(15-6-3-2-4-7-15)8-12-17-11-5-9-16-10-13-17/h2-4,6-8,16H,5,9-13H2,1H3/b14-8+. The lowest BCUT2D eigenvalue weighted by Crippen LogP contribution is -2.28. The lowest BCUT2D eigenvalue weighted by molar-refractivity contribution is 0.324. The maximum Gasteiger partial charge on any atom is 0.0169 e. The zero-order chi connectivity index (χ0) is 11.9. The van der Waals surface area contributed by atoms with Crippen LogP contribution in [0.25, 0.3) is 5.57 Å².